The van der Waals surface area contributed by atoms with Gasteiger partial charge in [-0.05, 0) is 81.5 Å². The average molecular weight is 593 g/mol. The van der Waals surface area contributed by atoms with Crippen LogP contribution in [-0.4, -0.2) is 46.1 Å². The van der Waals surface area contributed by atoms with Crippen molar-refractivity contribution in [2.45, 2.75) is 53.6 Å². The SMILES string of the molecule is CCOc1cc2c(cc1OC)-c1cc(=Nc3c(C)cc(C)cc3C)n(CCCN3C(=O)c4ccccc4C3=O)c(=O)n1CC2. The summed E-state index contributed by atoms with van der Waals surface area (Å²) in [6, 6.07) is 16.9. The van der Waals surface area contributed by atoms with Gasteiger partial charge in [-0.3, -0.25) is 23.6 Å². The molecule has 44 heavy (non-hydrogen) atoms. The summed E-state index contributed by atoms with van der Waals surface area (Å²) >= 11 is 0. The zero-order valence-corrected chi connectivity index (χ0v) is 25.8. The highest BCUT2D eigenvalue weighted by atomic mass is 16.5. The van der Waals surface area contributed by atoms with Crippen molar-refractivity contribution in [3.63, 3.8) is 0 Å². The molecule has 2 aliphatic heterocycles. The van der Waals surface area contributed by atoms with Crippen LogP contribution in [0.5, 0.6) is 11.5 Å². The first-order valence-corrected chi connectivity index (χ1v) is 15.0. The minimum absolute atomic E-state index is 0.190. The van der Waals surface area contributed by atoms with Crippen molar-refractivity contribution in [2.75, 3.05) is 20.3 Å². The lowest BCUT2D eigenvalue weighted by atomic mass is 9.97. The van der Waals surface area contributed by atoms with Crippen LogP contribution in [0, 0.1) is 20.8 Å². The number of nitrogens with zero attached hydrogens (tertiary/aromatic N) is 4. The maximum atomic E-state index is 14.2. The zero-order chi connectivity index (χ0) is 31.1. The van der Waals surface area contributed by atoms with Gasteiger partial charge in [0.15, 0.2) is 11.5 Å². The number of rotatable bonds is 8. The number of aromatic nitrogens is 2. The van der Waals surface area contributed by atoms with Crippen molar-refractivity contribution in [3.8, 4) is 22.8 Å². The van der Waals surface area contributed by atoms with Crippen molar-refractivity contribution in [2.24, 2.45) is 4.99 Å². The van der Waals surface area contributed by atoms with Gasteiger partial charge in [-0.1, -0.05) is 29.8 Å². The van der Waals surface area contributed by atoms with E-state index in [9.17, 15) is 14.4 Å². The third-order valence-corrected chi connectivity index (χ3v) is 8.37. The Labute approximate surface area is 256 Å². The molecule has 0 bridgehead atoms. The maximum absolute atomic E-state index is 14.2. The second-order valence-electron chi connectivity index (χ2n) is 11.3. The van der Waals surface area contributed by atoms with Gasteiger partial charge in [-0.25, -0.2) is 9.79 Å². The summed E-state index contributed by atoms with van der Waals surface area (Å²) in [5, 5.41) is 0. The van der Waals surface area contributed by atoms with Crippen LogP contribution >= 0.6 is 0 Å². The third-order valence-electron chi connectivity index (χ3n) is 8.37. The Morgan fingerprint density at radius 2 is 1.52 bits per heavy atom. The number of fused-ring (bicyclic) bond motifs is 4. The lowest BCUT2D eigenvalue weighted by Gasteiger charge is -2.25. The number of imide groups is 1. The van der Waals surface area contributed by atoms with E-state index in [4.69, 9.17) is 14.5 Å². The highest BCUT2D eigenvalue weighted by Gasteiger charge is 2.34. The molecular weight excluding hydrogens is 556 g/mol. The molecule has 0 atom stereocenters. The van der Waals surface area contributed by atoms with Crippen LogP contribution in [0.25, 0.3) is 11.3 Å². The number of carbonyl (C=O) groups excluding carboxylic acids is 2. The summed E-state index contributed by atoms with van der Waals surface area (Å²) in [7, 11) is 1.61. The number of ether oxygens (including phenoxy) is 2. The van der Waals surface area contributed by atoms with Gasteiger partial charge < -0.3 is 9.47 Å². The Hall–Kier alpha value is -4.92. The van der Waals surface area contributed by atoms with Crippen LogP contribution in [0.4, 0.5) is 5.69 Å². The van der Waals surface area contributed by atoms with Crippen molar-refractivity contribution in [1.29, 1.82) is 0 Å². The summed E-state index contributed by atoms with van der Waals surface area (Å²) < 4.78 is 14.9. The fourth-order valence-electron chi connectivity index (χ4n) is 6.37. The number of benzene rings is 3. The molecular formula is C35H36N4O5. The highest BCUT2D eigenvalue weighted by molar-refractivity contribution is 6.21. The summed E-state index contributed by atoms with van der Waals surface area (Å²) in [4.78, 5) is 46.4. The molecule has 0 fully saturated rings. The Balaban J connectivity index is 1.44. The molecule has 2 aliphatic rings. The first kappa shape index (κ1) is 29.2. The number of amides is 2. The monoisotopic (exact) mass is 592 g/mol. The molecule has 6 rings (SSSR count). The van der Waals surface area contributed by atoms with E-state index in [1.54, 1.807) is 40.5 Å². The van der Waals surface area contributed by atoms with E-state index in [1.807, 2.05) is 39.0 Å². The first-order valence-electron chi connectivity index (χ1n) is 15.0. The average Bonchev–Trinajstić information content (AvgIpc) is 3.24. The minimum atomic E-state index is -0.300. The summed E-state index contributed by atoms with van der Waals surface area (Å²) in [5.41, 5.74) is 7.88. The van der Waals surface area contributed by atoms with Gasteiger partial charge in [-0.15, -0.1) is 0 Å². The second-order valence-corrected chi connectivity index (χ2v) is 11.3. The highest BCUT2D eigenvalue weighted by Crippen LogP contribution is 2.38. The standard InChI is InChI=1S/C35H36N4O5/c1-6-44-30-18-24-12-15-37-28(27(24)19-29(30)43-5)20-31(36-32-22(3)16-21(2)17-23(32)4)38(35(37)42)13-9-14-39-33(40)25-10-7-8-11-26(25)34(39)41/h7-8,10-11,16-20H,6,9,12-15H2,1-5H3. The van der Waals surface area contributed by atoms with Crippen molar-refractivity contribution < 1.29 is 19.1 Å². The van der Waals surface area contributed by atoms with E-state index in [0.29, 0.717) is 54.1 Å². The number of hydrogen-bond acceptors (Lipinski definition) is 6. The largest absolute Gasteiger partial charge is 0.493 e. The molecule has 9 nitrogen and oxygen atoms in total. The fraction of sp³-hybridized carbons (Fsp3) is 0.314. The van der Waals surface area contributed by atoms with Crippen LogP contribution in [0.15, 0.2) is 64.4 Å². The molecule has 0 spiro atoms. The predicted molar refractivity (Wildman–Crippen MR) is 168 cm³/mol. The van der Waals surface area contributed by atoms with Crippen LogP contribution in [0.2, 0.25) is 0 Å². The number of carbonyl (C=O) groups is 2. The Kier molecular flexibility index (Phi) is 7.71. The molecule has 3 heterocycles. The molecule has 1 aromatic heterocycles. The molecule has 4 aromatic rings. The van der Waals surface area contributed by atoms with E-state index < -0.39 is 0 Å². The molecule has 0 saturated carbocycles. The van der Waals surface area contributed by atoms with Gasteiger partial charge in [0.25, 0.3) is 11.8 Å². The van der Waals surface area contributed by atoms with Gasteiger partial charge >= 0.3 is 5.69 Å². The van der Waals surface area contributed by atoms with E-state index >= 15 is 0 Å². The molecule has 3 aromatic carbocycles. The van der Waals surface area contributed by atoms with E-state index in [1.165, 1.54) is 4.90 Å². The van der Waals surface area contributed by atoms with Gasteiger partial charge in [0.05, 0.1) is 36.2 Å². The van der Waals surface area contributed by atoms with Crippen LogP contribution < -0.4 is 20.7 Å². The van der Waals surface area contributed by atoms with Crippen LogP contribution in [-0.2, 0) is 19.5 Å². The minimum Gasteiger partial charge on any atom is -0.493 e. The molecule has 0 N–H and O–H groups in total. The zero-order valence-electron chi connectivity index (χ0n) is 25.8. The number of aryl methyl sites for hydroxylation is 4. The maximum Gasteiger partial charge on any atom is 0.330 e. The van der Waals surface area contributed by atoms with E-state index in [-0.39, 0.29) is 30.6 Å². The Morgan fingerprint density at radius 3 is 2.16 bits per heavy atom. The van der Waals surface area contributed by atoms with E-state index in [0.717, 1.165) is 39.2 Å². The van der Waals surface area contributed by atoms with Crippen LogP contribution in [0.3, 0.4) is 0 Å². The molecule has 0 aliphatic carbocycles. The van der Waals surface area contributed by atoms with Gasteiger partial charge in [-0.2, -0.15) is 0 Å². The lowest BCUT2D eigenvalue weighted by molar-refractivity contribution is 0.0650. The third kappa shape index (κ3) is 5.02. The summed E-state index contributed by atoms with van der Waals surface area (Å²) in [6.45, 7) is 9.53. The van der Waals surface area contributed by atoms with E-state index in [2.05, 4.69) is 19.1 Å². The summed E-state index contributed by atoms with van der Waals surface area (Å²) in [5.74, 6) is 0.684. The molecule has 9 heteroatoms. The van der Waals surface area contributed by atoms with Crippen molar-refractivity contribution >= 4 is 17.5 Å². The quantitative estimate of drug-likeness (QED) is 0.265. The smallest absolute Gasteiger partial charge is 0.330 e. The van der Waals surface area contributed by atoms with Gasteiger partial charge in [0.1, 0.15) is 5.49 Å². The lowest BCUT2D eigenvalue weighted by Crippen LogP contribution is -2.43. The molecule has 2 amide bonds. The van der Waals surface area contributed by atoms with Crippen molar-refractivity contribution in [3.05, 3.63) is 104 Å². The van der Waals surface area contributed by atoms with Crippen LogP contribution in [0.1, 0.15) is 56.3 Å². The van der Waals surface area contributed by atoms with Gasteiger partial charge in [0.2, 0.25) is 0 Å². The molecule has 0 saturated heterocycles. The summed E-state index contributed by atoms with van der Waals surface area (Å²) in [6.07, 6.45) is 1.06. The second kappa shape index (κ2) is 11.6. The molecule has 0 radical (unpaired) electrons. The normalized spacial score (nSPS) is 14.0. The number of methoxy groups -OCH3 is 1. The fourth-order valence-corrected chi connectivity index (χ4v) is 6.37. The van der Waals surface area contributed by atoms with Gasteiger partial charge in [0, 0.05) is 31.3 Å². The molecule has 226 valence electrons. The number of hydrogen-bond donors (Lipinski definition) is 0. The predicted octanol–water partition coefficient (Wildman–Crippen LogP) is 5.12. The Morgan fingerprint density at radius 1 is 0.841 bits per heavy atom. The topological polar surface area (TPSA) is 95.1 Å². The van der Waals surface area contributed by atoms with Crippen molar-refractivity contribution in [1.82, 2.24) is 14.0 Å². The molecule has 0 unspecified atom stereocenters. The first-order chi connectivity index (χ1) is 21.2. The Bertz CT molecular complexity index is 1890.